The molecule has 0 amide bonds. The Morgan fingerprint density at radius 1 is 0.806 bits per heavy atom. The van der Waals surface area contributed by atoms with Crippen molar-refractivity contribution in [2.75, 3.05) is 13.7 Å². The normalized spacial score (nSPS) is 11.2. The lowest BCUT2D eigenvalue weighted by molar-refractivity contribution is -0.159. The Kier molecular flexibility index (Phi) is 7.96. The van der Waals surface area contributed by atoms with Gasteiger partial charge in [-0.1, -0.05) is 48.5 Å². The van der Waals surface area contributed by atoms with Crippen LogP contribution in [0.2, 0.25) is 0 Å². The highest BCUT2D eigenvalue weighted by Gasteiger charge is 2.30. The Hall–Kier alpha value is -3.77. The number of carbonyl (C=O) groups excluding carboxylic acids is 1. The summed E-state index contributed by atoms with van der Waals surface area (Å²) in [5.74, 6) is -0.406. The van der Waals surface area contributed by atoms with Gasteiger partial charge in [-0.15, -0.1) is 0 Å². The van der Waals surface area contributed by atoms with E-state index in [1.54, 1.807) is 45.2 Å². The van der Waals surface area contributed by atoms with E-state index in [-0.39, 0.29) is 5.75 Å². The smallest absolute Gasteiger partial charge is 0.345 e. The van der Waals surface area contributed by atoms with Gasteiger partial charge in [-0.05, 0) is 67.9 Å². The van der Waals surface area contributed by atoms with E-state index >= 15 is 0 Å². The minimum absolute atomic E-state index is 0.0102. The van der Waals surface area contributed by atoms with Crippen LogP contribution in [0, 0.1) is 5.82 Å². The maximum atomic E-state index is 14.7. The number of benzene rings is 4. The molecule has 0 saturated heterocycles. The van der Waals surface area contributed by atoms with Crippen molar-refractivity contribution in [3.8, 4) is 11.5 Å². The van der Waals surface area contributed by atoms with E-state index in [2.05, 4.69) is 24.3 Å². The van der Waals surface area contributed by atoms with Gasteiger partial charge in [0, 0.05) is 6.07 Å². The molecule has 184 valence electrons. The summed E-state index contributed by atoms with van der Waals surface area (Å²) >= 11 is 0. The topological polar surface area (TPSA) is 44.8 Å². The highest BCUT2D eigenvalue weighted by atomic mass is 32.2. The third-order valence-electron chi connectivity index (χ3n) is 5.60. The number of methoxy groups -OCH3 is 1. The number of rotatable bonds is 9. The average molecular weight is 504 g/mol. The molecular formula is C30H28FO4S+. The predicted molar refractivity (Wildman–Crippen MR) is 139 cm³/mol. The molecule has 0 aliphatic rings. The summed E-state index contributed by atoms with van der Waals surface area (Å²) in [6.07, 6.45) is 0. The lowest BCUT2D eigenvalue weighted by atomic mass is 9.98. The zero-order chi connectivity index (χ0) is 25.5. The Morgan fingerprint density at radius 2 is 1.39 bits per heavy atom. The molecule has 36 heavy (non-hydrogen) atoms. The molecule has 0 bridgehead atoms. The second kappa shape index (κ2) is 11.3. The first kappa shape index (κ1) is 25.3. The van der Waals surface area contributed by atoms with Crippen molar-refractivity contribution in [3.05, 3.63) is 115 Å². The number of hydrogen-bond donors (Lipinski definition) is 0. The van der Waals surface area contributed by atoms with Crippen LogP contribution in [-0.4, -0.2) is 19.7 Å². The van der Waals surface area contributed by atoms with Crippen LogP contribution in [0.5, 0.6) is 11.5 Å². The summed E-state index contributed by atoms with van der Waals surface area (Å²) in [5.41, 5.74) is -0.0835. The summed E-state index contributed by atoms with van der Waals surface area (Å²) in [6, 6.07) is 32.2. The highest BCUT2D eigenvalue weighted by Crippen LogP contribution is 2.34. The first-order valence-electron chi connectivity index (χ1n) is 11.5. The van der Waals surface area contributed by atoms with Gasteiger partial charge in [0.05, 0.1) is 18.0 Å². The third-order valence-corrected chi connectivity index (χ3v) is 7.81. The molecule has 0 N–H and O–H groups in total. The van der Waals surface area contributed by atoms with Crippen molar-refractivity contribution in [1.29, 1.82) is 0 Å². The number of esters is 1. The van der Waals surface area contributed by atoms with Crippen molar-refractivity contribution in [1.82, 2.24) is 0 Å². The number of hydrogen-bond acceptors (Lipinski definition) is 4. The van der Waals surface area contributed by atoms with Gasteiger partial charge >= 0.3 is 5.97 Å². The van der Waals surface area contributed by atoms with Gasteiger partial charge in [0.15, 0.2) is 32.9 Å². The molecule has 4 rings (SSSR count). The van der Waals surface area contributed by atoms with Crippen molar-refractivity contribution in [2.45, 2.75) is 34.1 Å². The molecule has 0 aromatic heterocycles. The van der Waals surface area contributed by atoms with Crippen molar-refractivity contribution < 1.29 is 23.4 Å². The van der Waals surface area contributed by atoms with Crippen LogP contribution in [0.3, 0.4) is 0 Å². The minimum Gasteiger partial charge on any atom is -0.497 e. The molecule has 6 heteroatoms. The lowest BCUT2D eigenvalue weighted by Gasteiger charge is -2.25. The van der Waals surface area contributed by atoms with Crippen molar-refractivity contribution in [2.24, 2.45) is 0 Å². The van der Waals surface area contributed by atoms with Crippen LogP contribution < -0.4 is 9.47 Å². The van der Waals surface area contributed by atoms with Crippen LogP contribution >= 0.6 is 0 Å². The Morgan fingerprint density at radius 3 is 1.94 bits per heavy atom. The molecule has 0 saturated carbocycles. The summed E-state index contributed by atoms with van der Waals surface area (Å²) < 4.78 is 31.1. The number of halogens is 1. The van der Waals surface area contributed by atoms with Crippen LogP contribution in [0.4, 0.5) is 4.39 Å². The van der Waals surface area contributed by atoms with Gasteiger partial charge in [-0.25, -0.2) is 9.18 Å². The lowest BCUT2D eigenvalue weighted by Crippen LogP contribution is -2.28. The highest BCUT2D eigenvalue weighted by molar-refractivity contribution is 7.97. The maximum Gasteiger partial charge on any atom is 0.345 e. The first-order chi connectivity index (χ1) is 17.4. The van der Waals surface area contributed by atoms with E-state index in [1.165, 1.54) is 6.07 Å². The van der Waals surface area contributed by atoms with Gasteiger partial charge in [0.2, 0.25) is 0 Å². The predicted octanol–water partition coefficient (Wildman–Crippen LogP) is 6.79. The fraction of sp³-hybridized carbons (Fsp3) is 0.167. The largest absolute Gasteiger partial charge is 0.497 e. The van der Waals surface area contributed by atoms with Gasteiger partial charge in [0.1, 0.15) is 11.4 Å². The molecule has 4 aromatic rings. The summed E-state index contributed by atoms with van der Waals surface area (Å²) in [4.78, 5) is 15.7. The monoisotopic (exact) mass is 503 g/mol. The van der Waals surface area contributed by atoms with Crippen LogP contribution in [0.25, 0.3) is 0 Å². The Labute approximate surface area is 214 Å². The van der Waals surface area contributed by atoms with Gasteiger partial charge in [-0.2, -0.15) is 0 Å². The molecule has 0 aliphatic carbocycles. The summed E-state index contributed by atoms with van der Waals surface area (Å²) in [5, 5.41) is 0. The molecule has 4 nitrogen and oxygen atoms in total. The van der Waals surface area contributed by atoms with Crippen LogP contribution in [0.1, 0.15) is 19.4 Å². The third kappa shape index (κ3) is 6.07. The van der Waals surface area contributed by atoms with Gasteiger partial charge in [0.25, 0.3) is 0 Å². The molecule has 0 unspecified atom stereocenters. The zero-order valence-electron chi connectivity index (χ0n) is 20.4. The van der Waals surface area contributed by atoms with E-state index in [1.807, 2.05) is 48.5 Å². The van der Waals surface area contributed by atoms with Crippen molar-refractivity contribution in [3.63, 3.8) is 0 Å². The Bertz CT molecular complexity index is 1250. The maximum absolute atomic E-state index is 14.7. The van der Waals surface area contributed by atoms with Gasteiger partial charge in [-0.3, -0.25) is 0 Å². The minimum atomic E-state index is -0.889. The molecule has 0 spiro atoms. The molecule has 0 fully saturated rings. The second-order valence-electron chi connectivity index (χ2n) is 8.53. The van der Waals surface area contributed by atoms with Crippen molar-refractivity contribution >= 4 is 16.9 Å². The summed E-state index contributed by atoms with van der Waals surface area (Å²) in [7, 11) is 1.13. The number of ether oxygens (including phenoxy) is 3. The second-order valence-corrected chi connectivity index (χ2v) is 10.6. The van der Waals surface area contributed by atoms with Crippen LogP contribution in [-0.2, 0) is 26.0 Å². The van der Waals surface area contributed by atoms with E-state index in [4.69, 9.17) is 14.2 Å². The SMILES string of the molecule is COc1ccc(C(C)(C)OC(=O)COc2cc([S+](c3ccccc3)c3ccccc3)ccc2F)cc1. The number of carbonyl (C=O) groups is 1. The Balaban J connectivity index is 1.51. The first-order valence-corrected chi connectivity index (χ1v) is 12.7. The van der Waals surface area contributed by atoms with E-state index < -0.39 is 34.9 Å². The molecule has 0 heterocycles. The zero-order valence-corrected chi connectivity index (χ0v) is 21.3. The fourth-order valence-corrected chi connectivity index (χ4v) is 5.85. The molecular weight excluding hydrogens is 475 g/mol. The molecule has 4 aromatic carbocycles. The van der Waals surface area contributed by atoms with E-state index in [9.17, 15) is 9.18 Å². The van der Waals surface area contributed by atoms with E-state index in [0.29, 0.717) is 5.75 Å². The summed E-state index contributed by atoms with van der Waals surface area (Å²) in [6.45, 7) is 3.17. The fourth-order valence-electron chi connectivity index (χ4n) is 3.74. The molecule has 0 radical (unpaired) electrons. The average Bonchev–Trinajstić information content (AvgIpc) is 2.90. The quantitative estimate of drug-likeness (QED) is 0.186. The standard InChI is InChI=1S/C30H28FO4S/c1-30(2,22-14-16-23(33-3)17-15-22)35-29(32)21-34-28-20-26(18-19-27(28)31)36(24-10-6-4-7-11-24)25-12-8-5-9-13-25/h4-20H,21H2,1-3H3/q+1. The van der Waals surface area contributed by atoms with Gasteiger partial charge < -0.3 is 14.2 Å². The molecule has 0 aliphatic heterocycles. The molecule has 0 atom stereocenters. The van der Waals surface area contributed by atoms with E-state index in [0.717, 1.165) is 20.2 Å². The van der Waals surface area contributed by atoms with Crippen LogP contribution in [0.15, 0.2) is 118 Å².